The number of para-hydroxylation sites is 1. The van der Waals surface area contributed by atoms with Crippen molar-refractivity contribution in [2.24, 2.45) is 0 Å². The monoisotopic (exact) mass is 503 g/mol. The van der Waals surface area contributed by atoms with E-state index in [4.69, 9.17) is 16.7 Å². The first-order valence-electron chi connectivity index (χ1n) is 11.7. The number of hydrogen-bond acceptors (Lipinski definition) is 3. The van der Waals surface area contributed by atoms with Crippen LogP contribution in [0, 0.1) is 0 Å². The molecule has 0 bridgehead atoms. The molecule has 0 aliphatic rings. The molecular weight excluding hydrogens is 482 g/mol. The van der Waals surface area contributed by atoms with Gasteiger partial charge in [0.05, 0.1) is 11.3 Å². The van der Waals surface area contributed by atoms with Gasteiger partial charge >= 0.3 is 0 Å². The number of halogens is 1. The molecule has 0 unspecified atom stereocenters. The molecule has 0 fully saturated rings. The van der Waals surface area contributed by atoms with Gasteiger partial charge in [-0.25, -0.2) is 4.68 Å². The molecule has 0 atom stereocenters. The van der Waals surface area contributed by atoms with Crippen LogP contribution in [0.5, 0.6) is 0 Å². The van der Waals surface area contributed by atoms with Crippen LogP contribution in [0.3, 0.4) is 0 Å². The van der Waals surface area contributed by atoms with E-state index in [1.165, 1.54) is 6.08 Å². The summed E-state index contributed by atoms with van der Waals surface area (Å²) in [6, 6.07) is 33.3. The second kappa shape index (κ2) is 10.9. The minimum atomic E-state index is -0.293. The van der Waals surface area contributed by atoms with Crippen molar-refractivity contribution in [3.05, 3.63) is 143 Å². The number of anilines is 1. The third-order valence-electron chi connectivity index (χ3n) is 5.77. The molecule has 1 aromatic heterocycles. The molecule has 0 spiro atoms. The second-order valence-corrected chi connectivity index (χ2v) is 8.70. The number of nitrogens with zero attached hydrogens (tertiary/aromatic N) is 2. The minimum absolute atomic E-state index is 0.159. The molecule has 5 nitrogen and oxygen atoms in total. The van der Waals surface area contributed by atoms with Gasteiger partial charge in [0, 0.05) is 28.0 Å². The molecule has 180 valence electrons. The van der Waals surface area contributed by atoms with Crippen molar-refractivity contribution < 1.29 is 9.59 Å². The van der Waals surface area contributed by atoms with Crippen LogP contribution in [0.4, 0.5) is 5.69 Å². The van der Waals surface area contributed by atoms with Crippen molar-refractivity contribution in [1.29, 1.82) is 0 Å². The topological polar surface area (TPSA) is 64.0 Å². The largest absolute Gasteiger partial charge is 0.322 e. The molecule has 5 aromatic rings. The summed E-state index contributed by atoms with van der Waals surface area (Å²) >= 11 is 6.15. The average Bonchev–Trinajstić information content (AvgIpc) is 3.40. The predicted octanol–water partition coefficient (Wildman–Crippen LogP) is 7.34. The standard InChI is InChI=1S/C31H22ClN3O2/c32-28-14-8-7-9-22(28)17-20-29(36)23-15-18-25(19-16-23)33-31(37)27-21-35(26-12-5-2-6-13-26)34-30(27)24-10-3-1-4-11-24/h1-21H,(H,33,37)/b20-17+. The average molecular weight is 504 g/mol. The molecule has 1 N–H and O–H groups in total. The Balaban J connectivity index is 1.36. The number of allylic oxidation sites excluding steroid dienone is 1. The maximum atomic E-state index is 13.3. The smallest absolute Gasteiger partial charge is 0.259 e. The van der Waals surface area contributed by atoms with Gasteiger partial charge in [-0.05, 0) is 60.2 Å². The van der Waals surface area contributed by atoms with Crippen LogP contribution < -0.4 is 5.32 Å². The first-order valence-corrected chi connectivity index (χ1v) is 12.1. The highest BCUT2D eigenvalue weighted by Gasteiger charge is 2.19. The highest BCUT2D eigenvalue weighted by molar-refractivity contribution is 6.32. The van der Waals surface area contributed by atoms with Gasteiger partial charge < -0.3 is 5.32 Å². The van der Waals surface area contributed by atoms with Crippen LogP contribution in [0.1, 0.15) is 26.3 Å². The lowest BCUT2D eigenvalue weighted by Crippen LogP contribution is -2.12. The van der Waals surface area contributed by atoms with E-state index in [0.717, 1.165) is 16.8 Å². The zero-order valence-corrected chi connectivity index (χ0v) is 20.5. The molecule has 0 saturated carbocycles. The summed E-state index contributed by atoms with van der Waals surface area (Å²) in [5.41, 5.74) is 4.56. The number of carbonyl (C=O) groups excluding carboxylic acids is 2. The maximum Gasteiger partial charge on any atom is 0.259 e. The molecule has 1 heterocycles. The van der Waals surface area contributed by atoms with Crippen molar-refractivity contribution >= 4 is 35.1 Å². The highest BCUT2D eigenvalue weighted by Crippen LogP contribution is 2.25. The SMILES string of the molecule is O=C(/C=C/c1ccccc1Cl)c1ccc(NC(=O)c2cn(-c3ccccc3)nc2-c2ccccc2)cc1. The van der Waals surface area contributed by atoms with E-state index in [1.807, 2.05) is 78.9 Å². The molecule has 0 saturated heterocycles. The predicted molar refractivity (Wildman–Crippen MR) is 148 cm³/mol. The molecule has 37 heavy (non-hydrogen) atoms. The number of hydrogen-bond donors (Lipinski definition) is 1. The molecule has 6 heteroatoms. The Hall–Kier alpha value is -4.74. The van der Waals surface area contributed by atoms with E-state index in [-0.39, 0.29) is 11.7 Å². The zero-order valence-electron chi connectivity index (χ0n) is 19.7. The Labute approximate surface area is 219 Å². The normalized spacial score (nSPS) is 10.9. The van der Waals surface area contributed by atoms with Crippen LogP contribution in [0.25, 0.3) is 23.0 Å². The Morgan fingerprint density at radius 1 is 0.784 bits per heavy atom. The van der Waals surface area contributed by atoms with Gasteiger partial charge in [-0.1, -0.05) is 78.3 Å². The van der Waals surface area contributed by atoms with Crippen molar-refractivity contribution in [1.82, 2.24) is 9.78 Å². The molecule has 4 aromatic carbocycles. The number of ketones is 1. The molecule has 0 aliphatic carbocycles. The van der Waals surface area contributed by atoms with E-state index in [0.29, 0.717) is 27.5 Å². The Kier molecular flexibility index (Phi) is 7.06. The Morgan fingerprint density at radius 3 is 2.14 bits per heavy atom. The molecular formula is C31H22ClN3O2. The Morgan fingerprint density at radius 2 is 1.43 bits per heavy atom. The van der Waals surface area contributed by atoms with Crippen LogP contribution in [0.15, 0.2) is 121 Å². The van der Waals surface area contributed by atoms with Crippen LogP contribution in [0.2, 0.25) is 5.02 Å². The lowest BCUT2D eigenvalue weighted by molar-refractivity contribution is 0.102. The van der Waals surface area contributed by atoms with Gasteiger partial charge in [0.2, 0.25) is 0 Å². The fraction of sp³-hybridized carbons (Fsp3) is 0. The summed E-state index contributed by atoms with van der Waals surface area (Å²) in [4.78, 5) is 25.9. The van der Waals surface area contributed by atoms with Gasteiger partial charge in [0.15, 0.2) is 5.78 Å². The van der Waals surface area contributed by atoms with Crippen molar-refractivity contribution in [2.45, 2.75) is 0 Å². The first kappa shape index (κ1) is 24.0. The number of benzene rings is 4. The van der Waals surface area contributed by atoms with Crippen LogP contribution in [-0.2, 0) is 0 Å². The summed E-state index contributed by atoms with van der Waals surface area (Å²) in [5.74, 6) is -0.452. The van der Waals surface area contributed by atoms with Gasteiger partial charge in [-0.3, -0.25) is 9.59 Å². The van der Waals surface area contributed by atoms with E-state index in [1.54, 1.807) is 47.3 Å². The first-order chi connectivity index (χ1) is 18.1. The number of aromatic nitrogens is 2. The van der Waals surface area contributed by atoms with Crippen LogP contribution in [-0.4, -0.2) is 21.5 Å². The third kappa shape index (κ3) is 5.58. The summed E-state index contributed by atoms with van der Waals surface area (Å²) in [6.07, 6.45) is 4.90. The Bertz CT molecular complexity index is 1570. The highest BCUT2D eigenvalue weighted by atomic mass is 35.5. The lowest BCUT2D eigenvalue weighted by Gasteiger charge is -2.06. The zero-order chi connectivity index (χ0) is 25.6. The van der Waals surface area contributed by atoms with Gasteiger partial charge in [0.25, 0.3) is 5.91 Å². The summed E-state index contributed by atoms with van der Waals surface area (Å²) in [6.45, 7) is 0. The second-order valence-electron chi connectivity index (χ2n) is 8.29. The van der Waals surface area contributed by atoms with Gasteiger partial charge in [-0.2, -0.15) is 5.10 Å². The quantitative estimate of drug-likeness (QED) is 0.186. The van der Waals surface area contributed by atoms with Gasteiger partial charge in [0.1, 0.15) is 5.69 Å². The summed E-state index contributed by atoms with van der Waals surface area (Å²) < 4.78 is 1.70. The summed E-state index contributed by atoms with van der Waals surface area (Å²) in [7, 11) is 0. The van der Waals surface area contributed by atoms with Crippen LogP contribution >= 0.6 is 11.6 Å². The van der Waals surface area contributed by atoms with Crippen molar-refractivity contribution in [3.8, 4) is 16.9 Å². The van der Waals surface area contributed by atoms with Gasteiger partial charge in [-0.15, -0.1) is 0 Å². The summed E-state index contributed by atoms with van der Waals surface area (Å²) in [5, 5.41) is 8.20. The number of rotatable bonds is 7. The minimum Gasteiger partial charge on any atom is -0.322 e. The van der Waals surface area contributed by atoms with E-state index >= 15 is 0 Å². The molecule has 1 amide bonds. The fourth-order valence-electron chi connectivity index (χ4n) is 3.85. The third-order valence-corrected chi connectivity index (χ3v) is 6.12. The van der Waals surface area contributed by atoms with E-state index in [9.17, 15) is 9.59 Å². The molecule has 0 aliphatic heterocycles. The van der Waals surface area contributed by atoms with E-state index in [2.05, 4.69) is 5.32 Å². The number of amides is 1. The molecule has 5 rings (SSSR count). The lowest BCUT2D eigenvalue weighted by atomic mass is 10.1. The van der Waals surface area contributed by atoms with Crippen molar-refractivity contribution in [2.75, 3.05) is 5.32 Å². The fourth-order valence-corrected chi connectivity index (χ4v) is 4.05. The molecule has 0 radical (unpaired) electrons. The number of nitrogens with one attached hydrogen (secondary N) is 1. The number of carbonyl (C=O) groups is 2. The van der Waals surface area contributed by atoms with E-state index < -0.39 is 0 Å². The maximum absolute atomic E-state index is 13.3. The van der Waals surface area contributed by atoms with Crippen molar-refractivity contribution in [3.63, 3.8) is 0 Å².